The Balaban J connectivity index is 2.16. The van der Waals surface area contributed by atoms with Gasteiger partial charge >= 0.3 is 0 Å². The molecule has 0 saturated carbocycles. The van der Waals surface area contributed by atoms with Crippen molar-refractivity contribution in [3.8, 4) is 0 Å². The zero-order chi connectivity index (χ0) is 25.8. The number of unbranched alkanes of at least 4 members (excludes halogenated alkanes) is 2. The summed E-state index contributed by atoms with van der Waals surface area (Å²) in [4.78, 5) is 53.1. The van der Waals surface area contributed by atoms with Crippen LogP contribution in [0.4, 0.5) is 0 Å². The van der Waals surface area contributed by atoms with Crippen molar-refractivity contribution in [1.82, 2.24) is 20.4 Å². The molecular weight excluding hydrogens is 484 g/mol. The van der Waals surface area contributed by atoms with Gasteiger partial charge in [0, 0.05) is 26.2 Å². The molecule has 2 amide bonds. The quantitative estimate of drug-likeness (QED) is 0.148. The standard InChI is InChI=1S/C25H34N4O4S2/c1-3-5-12-26-22(34)20(16-30)28(21(17-31)23(35)27-13-6-4-2)14-9-15-29-24(32)18-10-7-8-11-19(18)25(29)33/h7-8,10-11,16-17,20-21H,3-6,9,12-15H2,1-2H3,(H,26,34)(H,27,35). The van der Waals surface area contributed by atoms with Crippen molar-refractivity contribution in [3.63, 3.8) is 0 Å². The number of rotatable bonds is 16. The van der Waals surface area contributed by atoms with Gasteiger partial charge in [-0.3, -0.25) is 19.4 Å². The number of aldehydes is 2. The number of nitrogens with one attached hydrogen (secondary N) is 2. The van der Waals surface area contributed by atoms with E-state index in [-0.39, 0.29) is 24.9 Å². The van der Waals surface area contributed by atoms with E-state index in [1.54, 1.807) is 29.2 Å². The van der Waals surface area contributed by atoms with Gasteiger partial charge in [0.15, 0.2) is 0 Å². The maximum absolute atomic E-state index is 12.7. The number of thiocarbonyl (C=S) groups is 2. The summed E-state index contributed by atoms with van der Waals surface area (Å²) in [5.41, 5.74) is 0.766. The molecule has 10 heteroatoms. The van der Waals surface area contributed by atoms with Crippen molar-refractivity contribution in [2.24, 2.45) is 0 Å². The van der Waals surface area contributed by atoms with Gasteiger partial charge in [0.05, 0.1) is 11.1 Å². The zero-order valence-corrected chi connectivity index (χ0v) is 22.0. The Bertz CT molecular complexity index is 871. The lowest BCUT2D eigenvalue weighted by Gasteiger charge is -2.34. The minimum atomic E-state index is -0.870. The average Bonchev–Trinajstić information content (AvgIpc) is 3.10. The van der Waals surface area contributed by atoms with Gasteiger partial charge in [-0.05, 0) is 31.4 Å². The normalized spacial score (nSPS) is 14.4. The molecule has 2 atom stereocenters. The van der Waals surface area contributed by atoms with Crippen LogP contribution in [0.25, 0.3) is 0 Å². The van der Waals surface area contributed by atoms with Gasteiger partial charge in [-0.15, -0.1) is 0 Å². The van der Waals surface area contributed by atoms with E-state index in [1.165, 1.54) is 4.90 Å². The number of hydrogen-bond donors (Lipinski definition) is 2. The summed E-state index contributed by atoms with van der Waals surface area (Å²) in [6.07, 6.45) is 5.46. The monoisotopic (exact) mass is 518 g/mol. The number of fused-ring (bicyclic) bond motifs is 1. The lowest BCUT2D eigenvalue weighted by molar-refractivity contribution is -0.114. The summed E-state index contributed by atoms with van der Waals surface area (Å²) in [6.45, 7) is 5.71. The second kappa shape index (κ2) is 14.8. The van der Waals surface area contributed by atoms with E-state index in [2.05, 4.69) is 24.5 Å². The second-order valence-electron chi connectivity index (χ2n) is 8.35. The van der Waals surface area contributed by atoms with Crippen molar-refractivity contribution in [1.29, 1.82) is 0 Å². The average molecular weight is 519 g/mol. The largest absolute Gasteiger partial charge is 0.378 e. The molecule has 0 spiro atoms. The third-order valence-corrected chi connectivity index (χ3v) is 6.62. The molecule has 2 rings (SSSR count). The number of hydrogen-bond acceptors (Lipinski definition) is 7. The molecule has 190 valence electrons. The van der Waals surface area contributed by atoms with Gasteiger partial charge in [0.2, 0.25) is 0 Å². The lowest BCUT2D eigenvalue weighted by Crippen LogP contribution is -2.57. The molecule has 0 fully saturated rings. The van der Waals surface area contributed by atoms with E-state index in [4.69, 9.17) is 24.4 Å². The van der Waals surface area contributed by atoms with E-state index in [0.29, 0.717) is 53.2 Å². The van der Waals surface area contributed by atoms with E-state index < -0.39 is 12.1 Å². The number of nitrogens with zero attached hydrogens (tertiary/aromatic N) is 2. The van der Waals surface area contributed by atoms with Crippen LogP contribution in [0.1, 0.15) is 66.7 Å². The highest BCUT2D eigenvalue weighted by Gasteiger charge is 2.36. The molecule has 0 saturated heterocycles. The molecule has 2 N–H and O–H groups in total. The molecule has 35 heavy (non-hydrogen) atoms. The Morgan fingerprint density at radius 2 is 1.34 bits per heavy atom. The van der Waals surface area contributed by atoms with Crippen molar-refractivity contribution < 1.29 is 19.2 Å². The van der Waals surface area contributed by atoms with E-state index in [0.717, 1.165) is 25.7 Å². The first-order valence-electron chi connectivity index (χ1n) is 12.1. The fourth-order valence-electron chi connectivity index (χ4n) is 3.87. The number of carbonyl (C=O) groups excluding carboxylic acids is 4. The molecule has 0 aliphatic carbocycles. The predicted octanol–water partition coefficient (Wildman–Crippen LogP) is 2.54. The van der Waals surface area contributed by atoms with Crippen molar-refractivity contribution in [2.75, 3.05) is 26.2 Å². The summed E-state index contributed by atoms with van der Waals surface area (Å²) in [6, 6.07) is 4.96. The Kier molecular flexibility index (Phi) is 12.1. The SMILES string of the molecule is CCCCNC(=S)C(C=O)N(CCCN1C(=O)c2ccccc2C1=O)C(C=O)C(=S)NCCCC. The highest BCUT2D eigenvalue weighted by atomic mass is 32.1. The number of carbonyl (C=O) groups is 4. The Labute approximate surface area is 217 Å². The fourth-order valence-corrected chi connectivity index (χ4v) is 4.46. The van der Waals surface area contributed by atoms with Crippen molar-refractivity contribution in [3.05, 3.63) is 35.4 Å². The minimum absolute atomic E-state index is 0.145. The highest BCUT2D eigenvalue weighted by Crippen LogP contribution is 2.22. The molecule has 1 aromatic carbocycles. The Hall–Kier alpha value is -2.56. The third-order valence-electron chi connectivity index (χ3n) is 5.84. The second-order valence-corrected chi connectivity index (χ2v) is 9.23. The van der Waals surface area contributed by atoms with Crippen LogP contribution in [0.2, 0.25) is 0 Å². The van der Waals surface area contributed by atoms with Gasteiger partial charge in [-0.25, -0.2) is 0 Å². The van der Waals surface area contributed by atoms with Crippen LogP contribution in [0.5, 0.6) is 0 Å². The number of amides is 2. The number of benzene rings is 1. The van der Waals surface area contributed by atoms with E-state index in [9.17, 15) is 19.2 Å². The maximum atomic E-state index is 12.7. The van der Waals surface area contributed by atoms with Crippen LogP contribution in [0.3, 0.4) is 0 Å². The van der Waals surface area contributed by atoms with Gasteiger partial charge in [-0.2, -0.15) is 0 Å². The van der Waals surface area contributed by atoms with Crippen LogP contribution in [0, 0.1) is 0 Å². The smallest absolute Gasteiger partial charge is 0.261 e. The van der Waals surface area contributed by atoms with Crippen molar-refractivity contribution in [2.45, 2.75) is 58.0 Å². The zero-order valence-electron chi connectivity index (χ0n) is 20.3. The Morgan fingerprint density at radius 1 is 0.886 bits per heavy atom. The molecule has 0 radical (unpaired) electrons. The minimum Gasteiger partial charge on any atom is -0.378 e. The molecule has 1 aromatic rings. The van der Waals surface area contributed by atoms with Crippen LogP contribution in [0.15, 0.2) is 24.3 Å². The van der Waals surface area contributed by atoms with Crippen LogP contribution in [-0.2, 0) is 9.59 Å². The first-order chi connectivity index (χ1) is 16.9. The van der Waals surface area contributed by atoms with Gasteiger partial charge < -0.3 is 20.2 Å². The molecule has 1 aliphatic rings. The summed E-state index contributed by atoms with van der Waals surface area (Å²) < 4.78 is 0. The third kappa shape index (κ3) is 7.46. The molecular formula is C25H34N4O4S2. The topological polar surface area (TPSA) is 98.8 Å². The molecule has 0 aromatic heterocycles. The predicted molar refractivity (Wildman–Crippen MR) is 144 cm³/mol. The highest BCUT2D eigenvalue weighted by molar-refractivity contribution is 7.80. The van der Waals surface area contributed by atoms with E-state index in [1.807, 2.05) is 0 Å². The molecule has 1 heterocycles. The number of imide groups is 1. The Morgan fingerprint density at radius 3 is 1.74 bits per heavy atom. The van der Waals surface area contributed by atoms with Gasteiger partial charge in [0.25, 0.3) is 11.8 Å². The van der Waals surface area contributed by atoms with Gasteiger partial charge in [-0.1, -0.05) is 63.3 Å². The summed E-state index contributed by atoms with van der Waals surface area (Å²) in [5.74, 6) is -0.686. The van der Waals surface area contributed by atoms with Crippen LogP contribution < -0.4 is 10.6 Å². The summed E-state index contributed by atoms with van der Waals surface area (Å²) in [5, 5.41) is 6.21. The molecule has 8 nitrogen and oxygen atoms in total. The molecule has 1 aliphatic heterocycles. The first kappa shape index (κ1) is 28.7. The fraction of sp³-hybridized carbons (Fsp3) is 0.520. The molecule has 0 bridgehead atoms. The molecule has 2 unspecified atom stereocenters. The van der Waals surface area contributed by atoms with Crippen molar-refractivity contribution >= 4 is 58.8 Å². The van der Waals surface area contributed by atoms with E-state index >= 15 is 0 Å². The summed E-state index contributed by atoms with van der Waals surface area (Å²) in [7, 11) is 0. The maximum Gasteiger partial charge on any atom is 0.261 e. The summed E-state index contributed by atoms with van der Waals surface area (Å²) >= 11 is 11.0. The van der Waals surface area contributed by atoms with Gasteiger partial charge in [0.1, 0.15) is 34.6 Å². The van der Waals surface area contributed by atoms with Crippen LogP contribution >= 0.6 is 24.4 Å². The lowest BCUT2D eigenvalue weighted by atomic mass is 10.1. The van der Waals surface area contributed by atoms with Crippen LogP contribution in [-0.4, -0.2) is 82.4 Å². The first-order valence-corrected chi connectivity index (χ1v) is 12.9.